The molecule has 0 saturated carbocycles. The van der Waals surface area contributed by atoms with Gasteiger partial charge in [0, 0.05) is 18.6 Å². The first-order valence-corrected chi connectivity index (χ1v) is 6.43. The normalized spacial score (nSPS) is 10.5. The maximum absolute atomic E-state index is 11.3. The van der Waals surface area contributed by atoms with Crippen LogP contribution in [0.2, 0.25) is 0 Å². The first kappa shape index (κ1) is 13.1. The molecule has 0 aliphatic rings. The van der Waals surface area contributed by atoms with Gasteiger partial charge in [0.1, 0.15) is 5.82 Å². The molecule has 5 nitrogen and oxygen atoms in total. The number of pyridine rings is 2. The average molecular weight is 279 g/mol. The Balaban J connectivity index is 2.23. The van der Waals surface area contributed by atoms with Gasteiger partial charge in [-0.05, 0) is 23.6 Å². The number of hydrogen-bond donors (Lipinski definition) is 1. The maximum Gasteiger partial charge on any atom is 0.354 e. The molecule has 0 amide bonds. The summed E-state index contributed by atoms with van der Waals surface area (Å²) >= 11 is 0. The van der Waals surface area contributed by atoms with Gasteiger partial charge < -0.3 is 10.0 Å². The standard InChI is InChI=1S/C16H13N3O2/c1-19(12-6-4-8-17-10-12)15-13-7-3-2-5-11(13)9-14(18-15)16(20)21/h2-10H,1H3,(H,20,21). The first-order valence-electron chi connectivity index (χ1n) is 6.43. The fourth-order valence-corrected chi connectivity index (χ4v) is 2.22. The van der Waals surface area contributed by atoms with Gasteiger partial charge in [-0.25, -0.2) is 9.78 Å². The van der Waals surface area contributed by atoms with E-state index >= 15 is 0 Å². The van der Waals surface area contributed by atoms with Crippen LogP contribution in [0, 0.1) is 0 Å². The third kappa shape index (κ3) is 2.41. The van der Waals surface area contributed by atoms with Crippen molar-refractivity contribution < 1.29 is 9.90 Å². The molecule has 2 aromatic heterocycles. The van der Waals surface area contributed by atoms with E-state index in [0.29, 0.717) is 5.82 Å². The molecule has 0 aliphatic carbocycles. The van der Waals surface area contributed by atoms with Gasteiger partial charge in [-0.1, -0.05) is 24.3 Å². The van der Waals surface area contributed by atoms with Crippen LogP contribution in [-0.2, 0) is 0 Å². The second kappa shape index (κ2) is 5.20. The van der Waals surface area contributed by atoms with Crippen molar-refractivity contribution in [2.75, 3.05) is 11.9 Å². The minimum absolute atomic E-state index is 0.0273. The maximum atomic E-state index is 11.3. The largest absolute Gasteiger partial charge is 0.477 e. The highest BCUT2D eigenvalue weighted by atomic mass is 16.4. The molecule has 1 N–H and O–H groups in total. The molecule has 0 saturated heterocycles. The van der Waals surface area contributed by atoms with Crippen molar-refractivity contribution in [2.45, 2.75) is 0 Å². The number of rotatable bonds is 3. The predicted molar refractivity (Wildman–Crippen MR) is 81.0 cm³/mol. The summed E-state index contributed by atoms with van der Waals surface area (Å²) in [7, 11) is 1.84. The summed E-state index contributed by atoms with van der Waals surface area (Å²) in [5.74, 6) is -0.444. The Morgan fingerprint density at radius 1 is 1.19 bits per heavy atom. The van der Waals surface area contributed by atoms with Crippen LogP contribution < -0.4 is 4.90 Å². The van der Waals surface area contributed by atoms with Gasteiger partial charge in [0.05, 0.1) is 11.9 Å². The zero-order valence-corrected chi connectivity index (χ0v) is 11.4. The summed E-state index contributed by atoms with van der Waals surface area (Å²) in [4.78, 5) is 21.5. The van der Waals surface area contributed by atoms with Crippen LogP contribution in [0.25, 0.3) is 10.8 Å². The Hall–Kier alpha value is -2.95. The molecule has 0 fully saturated rings. The fourth-order valence-electron chi connectivity index (χ4n) is 2.22. The Morgan fingerprint density at radius 2 is 2.00 bits per heavy atom. The third-order valence-electron chi connectivity index (χ3n) is 3.29. The summed E-state index contributed by atoms with van der Waals surface area (Å²) < 4.78 is 0. The van der Waals surface area contributed by atoms with E-state index in [4.69, 9.17) is 0 Å². The Bertz CT molecular complexity index is 803. The second-order valence-electron chi connectivity index (χ2n) is 4.63. The smallest absolute Gasteiger partial charge is 0.354 e. The highest BCUT2D eigenvalue weighted by Gasteiger charge is 2.14. The minimum atomic E-state index is -1.04. The molecule has 104 valence electrons. The van der Waals surface area contributed by atoms with Crippen molar-refractivity contribution in [3.63, 3.8) is 0 Å². The van der Waals surface area contributed by atoms with Crippen LogP contribution in [-0.4, -0.2) is 28.1 Å². The Morgan fingerprint density at radius 3 is 2.71 bits per heavy atom. The number of benzene rings is 1. The first-order chi connectivity index (χ1) is 10.2. The quantitative estimate of drug-likeness (QED) is 0.798. The number of fused-ring (bicyclic) bond motifs is 1. The van der Waals surface area contributed by atoms with Gasteiger partial charge in [0.15, 0.2) is 5.69 Å². The monoisotopic (exact) mass is 279 g/mol. The van der Waals surface area contributed by atoms with Gasteiger partial charge in [0.25, 0.3) is 0 Å². The number of anilines is 2. The second-order valence-corrected chi connectivity index (χ2v) is 4.63. The Labute approximate surface area is 121 Å². The molecule has 1 aromatic carbocycles. The number of carboxylic acids is 1. The Kier molecular flexibility index (Phi) is 3.23. The number of aromatic carboxylic acids is 1. The number of aromatic nitrogens is 2. The molecule has 3 aromatic rings. The molecule has 21 heavy (non-hydrogen) atoms. The highest BCUT2D eigenvalue weighted by Crippen LogP contribution is 2.29. The lowest BCUT2D eigenvalue weighted by Crippen LogP contribution is -2.14. The zero-order chi connectivity index (χ0) is 14.8. The van der Waals surface area contributed by atoms with E-state index in [9.17, 15) is 9.90 Å². The lowest BCUT2D eigenvalue weighted by Gasteiger charge is -2.20. The van der Waals surface area contributed by atoms with E-state index in [1.54, 1.807) is 18.5 Å². The van der Waals surface area contributed by atoms with Crippen molar-refractivity contribution >= 4 is 28.2 Å². The number of hydrogen-bond acceptors (Lipinski definition) is 4. The molecule has 0 atom stereocenters. The topological polar surface area (TPSA) is 66.3 Å². The molecule has 0 bridgehead atoms. The molecule has 0 spiro atoms. The number of carboxylic acid groups (broad SMARTS) is 1. The van der Waals surface area contributed by atoms with Crippen molar-refractivity contribution in [3.05, 3.63) is 60.6 Å². The summed E-state index contributed by atoms with van der Waals surface area (Å²) in [6, 6.07) is 12.9. The van der Waals surface area contributed by atoms with Crippen LogP contribution >= 0.6 is 0 Å². The van der Waals surface area contributed by atoms with Gasteiger partial charge in [-0.3, -0.25) is 4.98 Å². The van der Waals surface area contributed by atoms with E-state index in [1.807, 2.05) is 48.3 Å². The predicted octanol–water partition coefficient (Wildman–Crippen LogP) is 3.10. The molecule has 0 aliphatic heterocycles. The summed E-state index contributed by atoms with van der Waals surface area (Å²) in [5.41, 5.74) is 0.872. The number of carbonyl (C=O) groups is 1. The van der Waals surface area contributed by atoms with Crippen molar-refractivity contribution in [3.8, 4) is 0 Å². The van der Waals surface area contributed by atoms with Crippen molar-refractivity contribution in [2.24, 2.45) is 0 Å². The highest BCUT2D eigenvalue weighted by molar-refractivity contribution is 5.98. The SMILES string of the molecule is CN(c1cccnc1)c1nc(C(=O)O)cc2ccccc12. The summed E-state index contributed by atoms with van der Waals surface area (Å²) in [6.45, 7) is 0. The van der Waals surface area contributed by atoms with Gasteiger partial charge >= 0.3 is 5.97 Å². The molecule has 2 heterocycles. The van der Waals surface area contributed by atoms with Crippen molar-refractivity contribution in [1.29, 1.82) is 0 Å². The van der Waals surface area contributed by atoms with Crippen LogP contribution in [0.3, 0.4) is 0 Å². The number of nitrogens with zero attached hydrogens (tertiary/aromatic N) is 3. The zero-order valence-electron chi connectivity index (χ0n) is 11.4. The average Bonchev–Trinajstić information content (AvgIpc) is 2.54. The van der Waals surface area contributed by atoms with Crippen LogP contribution in [0.1, 0.15) is 10.5 Å². The third-order valence-corrected chi connectivity index (χ3v) is 3.29. The van der Waals surface area contributed by atoms with Crippen LogP contribution in [0.5, 0.6) is 0 Å². The van der Waals surface area contributed by atoms with Gasteiger partial charge in [-0.15, -0.1) is 0 Å². The molecular weight excluding hydrogens is 266 g/mol. The minimum Gasteiger partial charge on any atom is -0.477 e. The lowest BCUT2D eigenvalue weighted by atomic mass is 10.1. The molecular formula is C16H13N3O2. The molecule has 5 heteroatoms. The molecule has 3 rings (SSSR count). The lowest BCUT2D eigenvalue weighted by molar-refractivity contribution is 0.0691. The molecule has 0 unspecified atom stereocenters. The fraction of sp³-hybridized carbons (Fsp3) is 0.0625. The van der Waals surface area contributed by atoms with Crippen LogP contribution in [0.15, 0.2) is 54.9 Å². The van der Waals surface area contributed by atoms with E-state index in [-0.39, 0.29) is 5.69 Å². The van der Waals surface area contributed by atoms with Crippen molar-refractivity contribution in [1.82, 2.24) is 9.97 Å². The van der Waals surface area contributed by atoms with Gasteiger partial charge in [0.2, 0.25) is 0 Å². The summed E-state index contributed by atoms with van der Waals surface area (Å²) in [6.07, 6.45) is 3.40. The van der Waals surface area contributed by atoms with E-state index in [2.05, 4.69) is 9.97 Å². The van der Waals surface area contributed by atoms with E-state index < -0.39 is 5.97 Å². The van der Waals surface area contributed by atoms with Gasteiger partial charge in [-0.2, -0.15) is 0 Å². The van der Waals surface area contributed by atoms with Crippen LogP contribution in [0.4, 0.5) is 11.5 Å². The van der Waals surface area contributed by atoms with E-state index in [1.165, 1.54) is 0 Å². The molecule has 0 radical (unpaired) electrons. The summed E-state index contributed by atoms with van der Waals surface area (Å²) in [5, 5.41) is 11.0. The van der Waals surface area contributed by atoms with E-state index in [0.717, 1.165) is 16.5 Å².